The van der Waals surface area contributed by atoms with Gasteiger partial charge in [0, 0.05) is 0 Å². The summed E-state index contributed by atoms with van der Waals surface area (Å²) in [6.45, 7) is 5.78. The maximum absolute atomic E-state index is 11.2. The van der Waals surface area contributed by atoms with Crippen LogP contribution in [0.25, 0.3) is 0 Å². The molecule has 2 nitrogen and oxygen atoms in total. The Bertz CT molecular complexity index is 379. The van der Waals surface area contributed by atoms with Crippen LogP contribution in [0.15, 0.2) is 42.7 Å². The van der Waals surface area contributed by atoms with Gasteiger partial charge in [-0.2, -0.15) is 0 Å². The molecule has 1 aromatic carbocycles. The fraction of sp³-hybridized carbons (Fsp3) is 0.438. The van der Waals surface area contributed by atoms with E-state index < -0.39 is 0 Å². The van der Waals surface area contributed by atoms with E-state index >= 15 is 0 Å². The van der Waals surface area contributed by atoms with E-state index in [2.05, 4.69) is 31.2 Å². The number of hydrogen-bond donors (Lipinski definition) is 0. The molecule has 0 amide bonds. The third kappa shape index (κ3) is 5.67. The second kappa shape index (κ2) is 7.70. The maximum Gasteiger partial charge on any atom is 0.313 e. The van der Waals surface area contributed by atoms with Gasteiger partial charge in [-0.25, -0.2) is 0 Å². The molecule has 0 N–H and O–H groups in total. The van der Waals surface area contributed by atoms with E-state index in [9.17, 15) is 4.79 Å². The van der Waals surface area contributed by atoms with Gasteiger partial charge < -0.3 is 4.74 Å². The van der Waals surface area contributed by atoms with Crippen molar-refractivity contribution in [2.24, 2.45) is 11.8 Å². The van der Waals surface area contributed by atoms with Crippen molar-refractivity contribution >= 4 is 5.97 Å². The third-order valence-electron chi connectivity index (χ3n) is 2.79. The average molecular weight is 246 g/mol. The molecular weight excluding hydrogens is 224 g/mol. The Balaban J connectivity index is 2.27. The lowest BCUT2D eigenvalue weighted by Crippen LogP contribution is -2.08. The highest BCUT2D eigenvalue weighted by atomic mass is 16.5. The predicted octanol–water partition coefficient (Wildman–Crippen LogP) is 3.97. The Kier molecular flexibility index (Phi) is 6.20. The fourth-order valence-corrected chi connectivity index (χ4v) is 1.51. The van der Waals surface area contributed by atoms with Crippen molar-refractivity contribution in [3.05, 3.63) is 48.2 Å². The zero-order chi connectivity index (χ0) is 13.4. The van der Waals surface area contributed by atoms with E-state index in [0.717, 1.165) is 12.8 Å². The van der Waals surface area contributed by atoms with Gasteiger partial charge in [0.1, 0.15) is 0 Å². The highest BCUT2D eigenvalue weighted by Gasteiger charge is 2.06. The number of rotatable bonds is 6. The topological polar surface area (TPSA) is 26.3 Å². The first kappa shape index (κ1) is 14.5. The van der Waals surface area contributed by atoms with Gasteiger partial charge in [0.15, 0.2) is 0 Å². The summed E-state index contributed by atoms with van der Waals surface area (Å²) in [7, 11) is 0. The van der Waals surface area contributed by atoms with Crippen LogP contribution in [0, 0.1) is 11.8 Å². The molecule has 0 aromatic heterocycles. The highest BCUT2D eigenvalue weighted by molar-refractivity contribution is 5.72. The van der Waals surface area contributed by atoms with Crippen LogP contribution in [0.4, 0.5) is 0 Å². The van der Waals surface area contributed by atoms with Crippen LogP contribution >= 0.6 is 0 Å². The Hall–Kier alpha value is -1.57. The lowest BCUT2D eigenvalue weighted by atomic mass is 10.0. The summed E-state index contributed by atoms with van der Waals surface area (Å²) in [5, 5.41) is 0. The van der Waals surface area contributed by atoms with Crippen LogP contribution in [0.2, 0.25) is 0 Å². The number of esters is 1. The lowest BCUT2D eigenvalue weighted by molar-refractivity contribution is -0.141. The first-order valence-corrected chi connectivity index (χ1v) is 6.50. The third-order valence-corrected chi connectivity index (χ3v) is 2.79. The zero-order valence-electron chi connectivity index (χ0n) is 11.4. The summed E-state index contributed by atoms with van der Waals surface area (Å²) < 4.78 is 5.01. The summed E-state index contributed by atoms with van der Waals surface area (Å²) in [5.74, 6) is 0.154. The van der Waals surface area contributed by atoms with Crippen molar-refractivity contribution in [1.82, 2.24) is 0 Å². The molecule has 0 aliphatic carbocycles. The number of aryl methyl sites for hydroxylation is 1. The first-order valence-electron chi connectivity index (χ1n) is 6.50. The summed E-state index contributed by atoms with van der Waals surface area (Å²) in [5.41, 5.74) is 1.34. The maximum atomic E-state index is 11.2. The standard InChI is InChI=1S/C16H22O2/c1-13(2)16(17)18-12-11-14(3)9-10-15-7-5-4-6-8-15/h4-8,11-14H,9-10H2,1-3H3. The second-order valence-corrected chi connectivity index (χ2v) is 4.92. The van der Waals surface area contributed by atoms with Crippen LogP contribution in [-0.2, 0) is 16.0 Å². The van der Waals surface area contributed by atoms with Gasteiger partial charge >= 0.3 is 5.97 Å². The minimum absolute atomic E-state index is 0.0747. The van der Waals surface area contributed by atoms with Crippen LogP contribution in [0.3, 0.4) is 0 Å². The number of benzene rings is 1. The van der Waals surface area contributed by atoms with E-state index in [1.165, 1.54) is 11.8 Å². The van der Waals surface area contributed by atoms with Crippen LogP contribution in [0.5, 0.6) is 0 Å². The van der Waals surface area contributed by atoms with Crippen molar-refractivity contribution in [2.45, 2.75) is 33.6 Å². The highest BCUT2D eigenvalue weighted by Crippen LogP contribution is 2.10. The van der Waals surface area contributed by atoms with Crippen LogP contribution in [-0.4, -0.2) is 5.97 Å². The van der Waals surface area contributed by atoms with E-state index in [0.29, 0.717) is 5.92 Å². The van der Waals surface area contributed by atoms with Gasteiger partial charge in [-0.1, -0.05) is 51.1 Å². The summed E-state index contributed by atoms with van der Waals surface area (Å²) in [4.78, 5) is 11.2. The molecule has 0 saturated heterocycles. The van der Waals surface area contributed by atoms with Crippen molar-refractivity contribution in [3.63, 3.8) is 0 Å². The Morgan fingerprint density at radius 2 is 1.89 bits per heavy atom. The van der Waals surface area contributed by atoms with E-state index in [1.54, 1.807) is 0 Å². The summed E-state index contributed by atoms with van der Waals surface area (Å²) in [6, 6.07) is 10.4. The Morgan fingerprint density at radius 3 is 2.50 bits per heavy atom. The zero-order valence-corrected chi connectivity index (χ0v) is 11.4. The van der Waals surface area contributed by atoms with E-state index in [1.807, 2.05) is 26.0 Å². The minimum Gasteiger partial charge on any atom is -0.435 e. The van der Waals surface area contributed by atoms with E-state index in [-0.39, 0.29) is 11.9 Å². The minimum atomic E-state index is -0.179. The molecule has 1 aromatic rings. The molecule has 18 heavy (non-hydrogen) atoms. The van der Waals surface area contributed by atoms with Gasteiger partial charge in [0.05, 0.1) is 12.2 Å². The van der Waals surface area contributed by atoms with Gasteiger partial charge in [-0.05, 0) is 30.4 Å². The number of carbonyl (C=O) groups excluding carboxylic acids is 1. The molecule has 0 spiro atoms. The molecule has 1 unspecified atom stereocenters. The lowest BCUT2D eigenvalue weighted by Gasteiger charge is -2.06. The number of carbonyl (C=O) groups is 1. The van der Waals surface area contributed by atoms with Gasteiger partial charge in [-0.3, -0.25) is 4.79 Å². The first-order chi connectivity index (χ1) is 8.59. The largest absolute Gasteiger partial charge is 0.435 e. The quantitative estimate of drug-likeness (QED) is 0.561. The molecule has 0 radical (unpaired) electrons. The van der Waals surface area contributed by atoms with Crippen molar-refractivity contribution in [3.8, 4) is 0 Å². The smallest absolute Gasteiger partial charge is 0.313 e. The molecule has 0 saturated carbocycles. The SMILES string of the molecule is CC(C=COC(=O)C(C)C)CCc1ccccc1. The molecule has 0 heterocycles. The summed E-state index contributed by atoms with van der Waals surface area (Å²) in [6.07, 6.45) is 5.57. The second-order valence-electron chi connectivity index (χ2n) is 4.92. The molecule has 1 atom stereocenters. The van der Waals surface area contributed by atoms with Gasteiger partial charge in [-0.15, -0.1) is 0 Å². The fourth-order valence-electron chi connectivity index (χ4n) is 1.51. The van der Waals surface area contributed by atoms with Crippen LogP contribution < -0.4 is 0 Å². The molecule has 0 aliphatic heterocycles. The van der Waals surface area contributed by atoms with Crippen molar-refractivity contribution in [1.29, 1.82) is 0 Å². The number of hydrogen-bond acceptors (Lipinski definition) is 2. The van der Waals surface area contributed by atoms with Gasteiger partial charge in [0.25, 0.3) is 0 Å². The molecular formula is C16H22O2. The monoisotopic (exact) mass is 246 g/mol. The Morgan fingerprint density at radius 1 is 1.22 bits per heavy atom. The molecule has 1 rings (SSSR count). The molecule has 0 aliphatic rings. The van der Waals surface area contributed by atoms with E-state index in [4.69, 9.17) is 4.74 Å². The van der Waals surface area contributed by atoms with Crippen molar-refractivity contribution < 1.29 is 9.53 Å². The Labute approximate surface area is 110 Å². The molecule has 2 heteroatoms. The normalized spacial score (nSPS) is 12.9. The number of allylic oxidation sites excluding steroid dienone is 1. The summed E-state index contributed by atoms with van der Waals surface area (Å²) >= 11 is 0. The van der Waals surface area contributed by atoms with Crippen molar-refractivity contribution in [2.75, 3.05) is 0 Å². The van der Waals surface area contributed by atoms with Crippen LogP contribution in [0.1, 0.15) is 32.8 Å². The molecule has 0 bridgehead atoms. The average Bonchev–Trinajstić information content (AvgIpc) is 2.37. The molecule has 98 valence electrons. The molecule has 0 fully saturated rings. The number of ether oxygens (including phenoxy) is 1. The van der Waals surface area contributed by atoms with Gasteiger partial charge in [0.2, 0.25) is 0 Å². The predicted molar refractivity (Wildman–Crippen MR) is 74.0 cm³/mol.